The minimum atomic E-state index is -1.08. The van der Waals surface area contributed by atoms with E-state index in [0.29, 0.717) is 19.6 Å². The third kappa shape index (κ3) is 4.71. The third-order valence-electron chi connectivity index (χ3n) is 3.95. The predicted octanol–water partition coefficient (Wildman–Crippen LogP) is 2.92. The van der Waals surface area contributed by atoms with Gasteiger partial charge in [-0.15, -0.1) is 0 Å². The Hall–Kier alpha value is -2.08. The summed E-state index contributed by atoms with van der Waals surface area (Å²) in [5.74, 6) is -0.943. The Labute approximate surface area is 142 Å². The van der Waals surface area contributed by atoms with Crippen molar-refractivity contribution in [2.24, 2.45) is 5.41 Å². The number of hydrogen-bond donors (Lipinski definition) is 1. The van der Waals surface area contributed by atoms with Crippen molar-refractivity contribution in [3.63, 3.8) is 0 Å². The quantitative estimate of drug-likeness (QED) is 0.895. The fraction of sp³-hybridized carbons (Fsp3) is 0.556. The van der Waals surface area contributed by atoms with Crippen molar-refractivity contribution in [3.8, 4) is 0 Å². The lowest BCUT2D eigenvalue weighted by Crippen LogP contribution is -2.41. The first-order valence-corrected chi connectivity index (χ1v) is 8.05. The number of hydrogen-bond acceptors (Lipinski definition) is 4. The van der Waals surface area contributed by atoms with Gasteiger partial charge in [-0.3, -0.25) is 4.79 Å². The number of ether oxygens (including phenoxy) is 2. The molecule has 1 aromatic carbocycles. The zero-order chi connectivity index (χ0) is 17.8. The summed E-state index contributed by atoms with van der Waals surface area (Å²) in [5, 5.41) is 9.63. The van der Waals surface area contributed by atoms with Crippen LogP contribution < -0.4 is 0 Å². The Morgan fingerprint density at radius 3 is 2.50 bits per heavy atom. The van der Waals surface area contributed by atoms with Crippen molar-refractivity contribution in [2.45, 2.75) is 39.4 Å². The summed E-state index contributed by atoms with van der Waals surface area (Å²) in [5.41, 5.74) is -0.693. The van der Waals surface area contributed by atoms with Gasteiger partial charge in [-0.05, 0) is 32.8 Å². The minimum Gasteiger partial charge on any atom is -0.481 e. The van der Waals surface area contributed by atoms with Crippen molar-refractivity contribution < 1.29 is 24.2 Å². The van der Waals surface area contributed by atoms with Crippen LogP contribution in [0.25, 0.3) is 0 Å². The summed E-state index contributed by atoms with van der Waals surface area (Å²) in [7, 11) is 0. The molecule has 1 unspecified atom stereocenters. The van der Waals surface area contributed by atoms with E-state index >= 15 is 0 Å². The van der Waals surface area contributed by atoms with E-state index < -0.39 is 23.1 Å². The molecule has 1 fully saturated rings. The molecule has 0 aromatic heterocycles. The molecule has 1 aliphatic heterocycles. The molecular formula is C18H25NO5. The second kappa shape index (κ2) is 7.21. The number of nitrogens with zero attached hydrogens (tertiary/aromatic N) is 1. The average Bonchev–Trinajstić information content (AvgIpc) is 2.93. The maximum atomic E-state index is 12.1. The van der Waals surface area contributed by atoms with Gasteiger partial charge in [-0.25, -0.2) is 4.79 Å². The van der Waals surface area contributed by atoms with Crippen molar-refractivity contribution in [3.05, 3.63) is 35.9 Å². The maximum Gasteiger partial charge on any atom is 0.410 e. The number of amides is 1. The predicted molar refractivity (Wildman–Crippen MR) is 88.6 cm³/mol. The van der Waals surface area contributed by atoms with Gasteiger partial charge in [0.15, 0.2) is 0 Å². The standard InChI is InChI=1S/C18H25NO5/c1-17(2,3)24-16(22)19-10-9-18(12-19,15(20)21)13-23-11-14-7-5-4-6-8-14/h4-8H,9-13H2,1-3H3,(H,20,21). The molecule has 2 rings (SSSR count). The molecule has 6 nitrogen and oxygen atoms in total. The second-order valence-electron chi connectivity index (χ2n) is 7.22. The normalized spacial score (nSPS) is 20.9. The first-order valence-electron chi connectivity index (χ1n) is 8.05. The second-order valence-corrected chi connectivity index (χ2v) is 7.22. The van der Waals surface area contributed by atoms with Gasteiger partial charge in [-0.1, -0.05) is 30.3 Å². The van der Waals surface area contributed by atoms with E-state index in [0.717, 1.165) is 5.56 Å². The van der Waals surface area contributed by atoms with E-state index in [2.05, 4.69) is 0 Å². The highest BCUT2D eigenvalue weighted by molar-refractivity contribution is 5.78. The SMILES string of the molecule is CC(C)(C)OC(=O)N1CCC(COCc2ccccc2)(C(=O)O)C1. The topological polar surface area (TPSA) is 76.1 Å². The first kappa shape index (κ1) is 18.3. The maximum absolute atomic E-state index is 12.1. The molecule has 0 saturated carbocycles. The number of aliphatic carboxylic acids is 1. The number of carbonyl (C=O) groups is 2. The van der Waals surface area contributed by atoms with Gasteiger partial charge in [0.25, 0.3) is 0 Å². The lowest BCUT2D eigenvalue weighted by Gasteiger charge is -2.27. The zero-order valence-corrected chi connectivity index (χ0v) is 14.4. The Balaban J connectivity index is 1.94. The van der Waals surface area contributed by atoms with Crippen LogP contribution in [0.1, 0.15) is 32.8 Å². The highest BCUT2D eigenvalue weighted by Gasteiger charge is 2.47. The number of likely N-dealkylation sites (tertiary alicyclic amines) is 1. The Morgan fingerprint density at radius 1 is 1.25 bits per heavy atom. The van der Waals surface area contributed by atoms with Crippen LogP contribution in [0, 0.1) is 5.41 Å². The summed E-state index contributed by atoms with van der Waals surface area (Å²) < 4.78 is 11.0. The largest absolute Gasteiger partial charge is 0.481 e. The van der Waals surface area contributed by atoms with Crippen LogP contribution in [-0.2, 0) is 20.9 Å². The number of rotatable bonds is 5. The van der Waals surface area contributed by atoms with E-state index in [4.69, 9.17) is 9.47 Å². The van der Waals surface area contributed by atoms with E-state index in [-0.39, 0.29) is 13.2 Å². The van der Waals surface area contributed by atoms with Crippen LogP contribution in [0.4, 0.5) is 4.79 Å². The molecule has 1 amide bonds. The number of carbonyl (C=O) groups excluding carboxylic acids is 1. The van der Waals surface area contributed by atoms with Gasteiger partial charge in [0.1, 0.15) is 11.0 Å². The van der Waals surface area contributed by atoms with Crippen molar-refractivity contribution in [1.29, 1.82) is 0 Å². The summed E-state index contributed by atoms with van der Waals surface area (Å²) in [6.07, 6.45) is -0.121. The fourth-order valence-corrected chi connectivity index (χ4v) is 2.65. The highest BCUT2D eigenvalue weighted by atomic mass is 16.6. The van der Waals surface area contributed by atoms with E-state index in [1.54, 1.807) is 20.8 Å². The summed E-state index contributed by atoms with van der Waals surface area (Å²) in [6.45, 7) is 6.23. The van der Waals surface area contributed by atoms with Crippen LogP contribution in [0.3, 0.4) is 0 Å². The lowest BCUT2D eigenvalue weighted by molar-refractivity contribution is -0.152. The zero-order valence-electron chi connectivity index (χ0n) is 14.4. The van der Waals surface area contributed by atoms with Crippen molar-refractivity contribution in [2.75, 3.05) is 19.7 Å². The lowest BCUT2D eigenvalue weighted by atomic mass is 9.88. The molecule has 1 aromatic rings. The van der Waals surface area contributed by atoms with Crippen molar-refractivity contribution >= 4 is 12.1 Å². The van der Waals surface area contributed by atoms with Crippen LogP contribution in [-0.4, -0.2) is 47.4 Å². The minimum absolute atomic E-state index is 0.0660. The first-order chi connectivity index (χ1) is 11.2. The molecular weight excluding hydrogens is 310 g/mol. The molecule has 0 spiro atoms. The average molecular weight is 335 g/mol. The van der Waals surface area contributed by atoms with Gasteiger partial charge in [0.2, 0.25) is 0 Å². The number of benzene rings is 1. The summed E-state index contributed by atoms with van der Waals surface area (Å²) in [6, 6.07) is 9.58. The van der Waals surface area contributed by atoms with Crippen LogP contribution >= 0.6 is 0 Å². The van der Waals surface area contributed by atoms with Gasteiger partial charge >= 0.3 is 12.1 Å². The number of carboxylic acids is 1. The van der Waals surface area contributed by atoms with Crippen LogP contribution in [0.5, 0.6) is 0 Å². The van der Waals surface area contributed by atoms with Gasteiger partial charge in [0.05, 0.1) is 13.2 Å². The number of carboxylic acid groups (broad SMARTS) is 1. The Kier molecular flexibility index (Phi) is 5.49. The molecule has 24 heavy (non-hydrogen) atoms. The molecule has 1 heterocycles. The van der Waals surface area contributed by atoms with Crippen LogP contribution in [0.2, 0.25) is 0 Å². The van der Waals surface area contributed by atoms with Gasteiger partial charge < -0.3 is 19.5 Å². The smallest absolute Gasteiger partial charge is 0.410 e. The van der Waals surface area contributed by atoms with E-state index in [9.17, 15) is 14.7 Å². The summed E-state index contributed by atoms with van der Waals surface area (Å²) >= 11 is 0. The van der Waals surface area contributed by atoms with E-state index in [1.165, 1.54) is 4.90 Å². The molecule has 0 bridgehead atoms. The molecule has 1 saturated heterocycles. The van der Waals surface area contributed by atoms with Gasteiger partial charge in [0, 0.05) is 13.1 Å². The highest BCUT2D eigenvalue weighted by Crippen LogP contribution is 2.32. The molecule has 1 aliphatic rings. The van der Waals surface area contributed by atoms with E-state index in [1.807, 2.05) is 30.3 Å². The van der Waals surface area contributed by atoms with Crippen molar-refractivity contribution in [1.82, 2.24) is 4.90 Å². The monoisotopic (exact) mass is 335 g/mol. The molecule has 0 radical (unpaired) electrons. The Bertz CT molecular complexity index is 581. The fourth-order valence-electron chi connectivity index (χ4n) is 2.65. The Morgan fingerprint density at radius 2 is 1.92 bits per heavy atom. The molecule has 6 heteroatoms. The van der Waals surface area contributed by atoms with Crippen LogP contribution in [0.15, 0.2) is 30.3 Å². The molecule has 1 N–H and O–H groups in total. The summed E-state index contributed by atoms with van der Waals surface area (Å²) in [4.78, 5) is 25.3. The van der Waals surface area contributed by atoms with Gasteiger partial charge in [-0.2, -0.15) is 0 Å². The molecule has 0 aliphatic carbocycles. The molecule has 1 atom stereocenters. The third-order valence-corrected chi connectivity index (χ3v) is 3.95. The molecule has 132 valence electrons.